The van der Waals surface area contributed by atoms with Crippen LogP contribution in [0.15, 0.2) is 18.2 Å². The largest absolute Gasteiger partial charge is 0.496 e. The van der Waals surface area contributed by atoms with Gasteiger partial charge in [-0.2, -0.15) is 0 Å². The van der Waals surface area contributed by atoms with Crippen LogP contribution >= 0.6 is 0 Å². The van der Waals surface area contributed by atoms with E-state index in [1.165, 1.54) is 5.56 Å². The summed E-state index contributed by atoms with van der Waals surface area (Å²) in [5, 5.41) is 9.40. The van der Waals surface area contributed by atoms with E-state index in [4.69, 9.17) is 10.5 Å². The number of aryl methyl sites for hydroxylation is 1. The molecule has 0 saturated heterocycles. The molecule has 0 amide bonds. The fourth-order valence-electron chi connectivity index (χ4n) is 2.15. The summed E-state index contributed by atoms with van der Waals surface area (Å²) in [6.45, 7) is 2.19. The van der Waals surface area contributed by atoms with Gasteiger partial charge >= 0.3 is 0 Å². The molecule has 3 N–H and O–H groups in total. The molecule has 0 aromatic heterocycles. The Hall–Kier alpha value is -1.06. The number of benzene rings is 1. The van der Waals surface area contributed by atoms with Crippen LogP contribution in [0.5, 0.6) is 5.75 Å². The summed E-state index contributed by atoms with van der Waals surface area (Å²) in [6, 6.07) is 5.87. The number of ether oxygens (including phenoxy) is 1. The van der Waals surface area contributed by atoms with Crippen molar-refractivity contribution in [2.75, 3.05) is 13.7 Å². The predicted molar refractivity (Wildman–Crippen MR) is 63.4 cm³/mol. The SMILES string of the molecule is COc1ccc(C)cc1C(N)C1(CO)CC1. The fraction of sp³-hybridized carbons (Fsp3) is 0.538. The number of rotatable bonds is 4. The monoisotopic (exact) mass is 221 g/mol. The highest BCUT2D eigenvalue weighted by molar-refractivity contribution is 5.40. The molecule has 1 aliphatic rings. The van der Waals surface area contributed by atoms with Crippen LogP contribution < -0.4 is 10.5 Å². The summed E-state index contributed by atoms with van der Waals surface area (Å²) < 4.78 is 5.33. The minimum absolute atomic E-state index is 0.110. The zero-order chi connectivity index (χ0) is 11.8. The van der Waals surface area contributed by atoms with Gasteiger partial charge in [-0.15, -0.1) is 0 Å². The van der Waals surface area contributed by atoms with Crippen LogP contribution in [-0.4, -0.2) is 18.8 Å². The Morgan fingerprint density at radius 2 is 2.19 bits per heavy atom. The second kappa shape index (κ2) is 4.07. The third kappa shape index (κ3) is 1.81. The van der Waals surface area contributed by atoms with Gasteiger partial charge in [-0.1, -0.05) is 17.7 Å². The molecule has 16 heavy (non-hydrogen) atoms. The van der Waals surface area contributed by atoms with Gasteiger partial charge in [0.1, 0.15) is 5.75 Å². The van der Waals surface area contributed by atoms with E-state index in [1.54, 1.807) is 7.11 Å². The van der Waals surface area contributed by atoms with E-state index in [-0.39, 0.29) is 18.1 Å². The third-order valence-electron chi connectivity index (χ3n) is 3.59. The Morgan fingerprint density at radius 3 is 2.69 bits per heavy atom. The average Bonchev–Trinajstić information content (AvgIpc) is 3.09. The molecule has 3 heteroatoms. The summed E-state index contributed by atoms with van der Waals surface area (Å²) >= 11 is 0. The van der Waals surface area contributed by atoms with E-state index in [0.717, 1.165) is 24.2 Å². The molecule has 0 spiro atoms. The van der Waals surface area contributed by atoms with Crippen LogP contribution in [0.2, 0.25) is 0 Å². The smallest absolute Gasteiger partial charge is 0.123 e. The summed E-state index contributed by atoms with van der Waals surface area (Å²) in [7, 11) is 1.65. The van der Waals surface area contributed by atoms with Crippen molar-refractivity contribution in [1.82, 2.24) is 0 Å². The number of methoxy groups -OCH3 is 1. The van der Waals surface area contributed by atoms with Gasteiger partial charge in [0.05, 0.1) is 13.7 Å². The Kier molecular flexibility index (Phi) is 2.91. The lowest BCUT2D eigenvalue weighted by molar-refractivity contribution is 0.186. The van der Waals surface area contributed by atoms with Gasteiger partial charge < -0.3 is 15.6 Å². The van der Waals surface area contributed by atoms with Crippen LogP contribution in [0, 0.1) is 12.3 Å². The van der Waals surface area contributed by atoms with Crippen molar-refractivity contribution in [1.29, 1.82) is 0 Å². The fourth-order valence-corrected chi connectivity index (χ4v) is 2.15. The Balaban J connectivity index is 2.35. The molecular formula is C13H19NO2. The van der Waals surface area contributed by atoms with Crippen LogP contribution in [0.3, 0.4) is 0 Å². The highest BCUT2D eigenvalue weighted by Crippen LogP contribution is 2.54. The summed E-state index contributed by atoms with van der Waals surface area (Å²) in [5.41, 5.74) is 8.32. The lowest BCUT2D eigenvalue weighted by Gasteiger charge is -2.23. The van der Waals surface area contributed by atoms with Gasteiger partial charge in [0, 0.05) is 17.0 Å². The van der Waals surface area contributed by atoms with Gasteiger partial charge in [-0.05, 0) is 25.8 Å². The second-order valence-electron chi connectivity index (χ2n) is 4.74. The van der Waals surface area contributed by atoms with E-state index < -0.39 is 0 Å². The topological polar surface area (TPSA) is 55.5 Å². The summed E-state index contributed by atoms with van der Waals surface area (Å²) in [6.07, 6.45) is 2.00. The van der Waals surface area contributed by atoms with Crippen molar-refractivity contribution >= 4 is 0 Å². The predicted octanol–water partition coefficient (Wildman–Crippen LogP) is 1.78. The Bertz CT molecular complexity index is 386. The molecule has 1 saturated carbocycles. The molecule has 3 nitrogen and oxygen atoms in total. The van der Waals surface area contributed by atoms with Crippen LogP contribution in [-0.2, 0) is 0 Å². The molecule has 0 bridgehead atoms. The molecule has 1 aromatic carbocycles. The number of aliphatic hydroxyl groups excluding tert-OH is 1. The summed E-state index contributed by atoms with van der Waals surface area (Å²) in [5.74, 6) is 0.817. The van der Waals surface area contributed by atoms with E-state index in [2.05, 4.69) is 6.07 Å². The van der Waals surface area contributed by atoms with Crippen molar-refractivity contribution < 1.29 is 9.84 Å². The first-order valence-electron chi connectivity index (χ1n) is 5.64. The molecule has 1 fully saturated rings. The maximum Gasteiger partial charge on any atom is 0.123 e. The first kappa shape index (κ1) is 11.4. The molecule has 1 atom stereocenters. The zero-order valence-electron chi connectivity index (χ0n) is 9.86. The first-order chi connectivity index (χ1) is 7.63. The van der Waals surface area contributed by atoms with E-state index >= 15 is 0 Å². The lowest BCUT2D eigenvalue weighted by atomic mass is 9.90. The van der Waals surface area contributed by atoms with Gasteiger partial charge in [-0.3, -0.25) is 0 Å². The number of nitrogens with two attached hydrogens (primary N) is 1. The van der Waals surface area contributed by atoms with E-state index in [1.807, 2.05) is 19.1 Å². The molecule has 2 rings (SSSR count). The van der Waals surface area contributed by atoms with Crippen molar-refractivity contribution in [3.63, 3.8) is 0 Å². The number of aliphatic hydroxyl groups is 1. The second-order valence-corrected chi connectivity index (χ2v) is 4.74. The molecule has 0 radical (unpaired) electrons. The maximum absolute atomic E-state index is 9.40. The minimum atomic E-state index is -0.132. The quantitative estimate of drug-likeness (QED) is 0.814. The Morgan fingerprint density at radius 1 is 1.50 bits per heavy atom. The van der Waals surface area contributed by atoms with Crippen molar-refractivity contribution in [2.45, 2.75) is 25.8 Å². The molecular weight excluding hydrogens is 202 g/mol. The standard InChI is InChI=1S/C13H19NO2/c1-9-3-4-11(16-2)10(7-9)12(14)13(8-15)5-6-13/h3-4,7,12,15H,5-6,8,14H2,1-2H3. The van der Waals surface area contributed by atoms with Crippen LogP contribution in [0.4, 0.5) is 0 Å². The lowest BCUT2D eigenvalue weighted by Crippen LogP contribution is -2.26. The van der Waals surface area contributed by atoms with Crippen molar-refractivity contribution in [3.8, 4) is 5.75 Å². The average molecular weight is 221 g/mol. The number of hydrogen-bond donors (Lipinski definition) is 2. The molecule has 1 aliphatic carbocycles. The molecule has 0 heterocycles. The molecule has 0 aliphatic heterocycles. The first-order valence-corrected chi connectivity index (χ1v) is 5.64. The van der Waals surface area contributed by atoms with Gasteiger partial charge in [-0.25, -0.2) is 0 Å². The third-order valence-corrected chi connectivity index (χ3v) is 3.59. The number of hydrogen-bond acceptors (Lipinski definition) is 3. The van der Waals surface area contributed by atoms with Gasteiger partial charge in [0.15, 0.2) is 0 Å². The van der Waals surface area contributed by atoms with E-state index in [9.17, 15) is 5.11 Å². The summed E-state index contributed by atoms with van der Waals surface area (Å²) in [4.78, 5) is 0. The normalized spacial score (nSPS) is 19.2. The highest BCUT2D eigenvalue weighted by Gasteiger charge is 2.48. The zero-order valence-corrected chi connectivity index (χ0v) is 9.86. The Labute approximate surface area is 96.2 Å². The maximum atomic E-state index is 9.40. The molecule has 88 valence electrons. The van der Waals surface area contributed by atoms with Crippen LogP contribution in [0.1, 0.15) is 30.0 Å². The highest BCUT2D eigenvalue weighted by atomic mass is 16.5. The van der Waals surface area contributed by atoms with Gasteiger partial charge in [0.2, 0.25) is 0 Å². The van der Waals surface area contributed by atoms with E-state index in [0.29, 0.717) is 0 Å². The molecule has 1 aromatic rings. The van der Waals surface area contributed by atoms with Crippen molar-refractivity contribution in [2.24, 2.45) is 11.1 Å². The van der Waals surface area contributed by atoms with Gasteiger partial charge in [0.25, 0.3) is 0 Å². The minimum Gasteiger partial charge on any atom is -0.496 e. The van der Waals surface area contributed by atoms with Crippen molar-refractivity contribution in [3.05, 3.63) is 29.3 Å². The van der Waals surface area contributed by atoms with Crippen LogP contribution in [0.25, 0.3) is 0 Å². The molecule has 1 unspecified atom stereocenters.